The number of anilines is 1. The molecule has 5 rings (SSSR count). The number of amides is 1. The third-order valence-corrected chi connectivity index (χ3v) is 5.85. The van der Waals surface area contributed by atoms with Gasteiger partial charge in [0.15, 0.2) is 11.5 Å². The third kappa shape index (κ3) is 4.29. The molecule has 3 aromatic carbocycles. The predicted molar refractivity (Wildman–Crippen MR) is 125 cm³/mol. The number of carbonyl (C=O) groups is 2. The van der Waals surface area contributed by atoms with E-state index in [1.807, 2.05) is 0 Å². The fraction of sp³-hybridized carbons (Fsp3) is 0.0769. The Bertz CT molecular complexity index is 1510. The highest BCUT2D eigenvalue weighted by Crippen LogP contribution is 2.43. The van der Waals surface area contributed by atoms with E-state index in [4.69, 9.17) is 16.0 Å². The smallest absolute Gasteiger partial charge is 0.503 e. The van der Waals surface area contributed by atoms with E-state index in [-0.39, 0.29) is 17.0 Å². The number of carbonyl (C=O) groups excluding carboxylic acids is 2. The van der Waals surface area contributed by atoms with Crippen LogP contribution in [0.25, 0.3) is 11.0 Å². The number of hydrogen-bond acceptors (Lipinski definition) is 5. The van der Waals surface area contributed by atoms with Crippen LogP contribution in [0.5, 0.6) is 5.75 Å². The highest BCUT2D eigenvalue weighted by Gasteiger charge is 2.45. The molecule has 0 fully saturated rings. The standard InChI is InChI=1S/C26H15ClF3NO5/c27-16-6-11-19-15(12-16)13-20(35-19)23(32)21-22(14-4-2-1-3-5-14)31(25(34)24(21)33)17-7-9-18(10-8-17)36-26(28,29)30/h1-13,22,33H. The van der Waals surface area contributed by atoms with E-state index < -0.39 is 35.6 Å². The molecule has 1 aromatic heterocycles. The van der Waals surface area contributed by atoms with Gasteiger partial charge in [0.1, 0.15) is 11.3 Å². The van der Waals surface area contributed by atoms with E-state index >= 15 is 0 Å². The topological polar surface area (TPSA) is 80.0 Å². The van der Waals surface area contributed by atoms with Gasteiger partial charge in [-0.25, -0.2) is 0 Å². The Morgan fingerprint density at radius 2 is 1.69 bits per heavy atom. The van der Waals surface area contributed by atoms with Crippen LogP contribution in [0.3, 0.4) is 0 Å². The van der Waals surface area contributed by atoms with Crippen LogP contribution < -0.4 is 9.64 Å². The molecule has 1 aliphatic rings. The van der Waals surface area contributed by atoms with Crippen molar-refractivity contribution >= 4 is 39.9 Å². The van der Waals surface area contributed by atoms with Gasteiger partial charge in [-0.1, -0.05) is 41.9 Å². The minimum Gasteiger partial charge on any atom is -0.503 e. The van der Waals surface area contributed by atoms with Crippen LogP contribution in [0.4, 0.5) is 18.9 Å². The molecule has 0 aliphatic carbocycles. The quantitative estimate of drug-likeness (QED) is 0.298. The molecule has 0 radical (unpaired) electrons. The number of benzene rings is 3. The second-order valence-corrected chi connectivity index (χ2v) is 8.35. The highest BCUT2D eigenvalue weighted by atomic mass is 35.5. The van der Waals surface area contributed by atoms with Gasteiger partial charge in [0.05, 0.1) is 11.6 Å². The molecule has 0 spiro atoms. The number of fused-ring (bicyclic) bond motifs is 1. The number of Topliss-reactive ketones (excluding diaryl/α,β-unsaturated/α-hetero) is 1. The second-order valence-electron chi connectivity index (χ2n) is 7.91. The first-order valence-electron chi connectivity index (χ1n) is 10.5. The lowest BCUT2D eigenvalue weighted by molar-refractivity contribution is -0.274. The van der Waals surface area contributed by atoms with Crippen LogP contribution in [-0.4, -0.2) is 23.2 Å². The monoisotopic (exact) mass is 513 g/mol. The largest absolute Gasteiger partial charge is 0.573 e. The zero-order valence-electron chi connectivity index (χ0n) is 18.1. The number of ether oxygens (including phenoxy) is 1. The van der Waals surface area contributed by atoms with Gasteiger partial charge in [-0.15, -0.1) is 13.2 Å². The van der Waals surface area contributed by atoms with Crippen LogP contribution in [-0.2, 0) is 4.79 Å². The van der Waals surface area contributed by atoms with Crippen molar-refractivity contribution in [2.24, 2.45) is 0 Å². The molecule has 0 bridgehead atoms. The number of furan rings is 1. The number of hydrogen-bond donors (Lipinski definition) is 1. The lowest BCUT2D eigenvalue weighted by atomic mass is 9.95. The molecule has 6 nitrogen and oxygen atoms in total. The molecule has 1 atom stereocenters. The van der Waals surface area contributed by atoms with E-state index in [0.717, 1.165) is 17.0 Å². The predicted octanol–water partition coefficient (Wildman–Crippen LogP) is 6.77. The average Bonchev–Trinajstić information content (AvgIpc) is 3.37. The zero-order valence-corrected chi connectivity index (χ0v) is 18.9. The Labute approximate surface area is 206 Å². The normalized spacial score (nSPS) is 16.2. The molecule has 2 heterocycles. The molecule has 4 aromatic rings. The van der Waals surface area contributed by atoms with Crippen molar-refractivity contribution in [3.8, 4) is 5.75 Å². The summed E-state index contributed by atoms with van der Waals surface area (Å²) in [6.07, 6.45) is -4.88. The summed E-state index contributed by atoms with van der Waals surface area (Å²) in [5, 5.41) is 11.8. The number of alkyl halides is 3. The molecule has 1 amide bonds. The lowest BCUT2D eigenvalue weighted by Crippen LogP contribution is -2.31. The van der Waals surface area contributed by atoms with Crippen molar-refractivity contribution in [2.75, 3.05) is 4.90 Å². The maximum atomic E-state index is 13.6. The minimum atomic E-state index is -4.88. The van der Waals surface area contributed by atoms with Crippen LogP contribution in [0.15, 0.2) is 94.6 Å². The first kappa shape index (κ1) is 23.5. The fourth-order valence-electron chi connectivity index (χ4n) is 4.12. The van der Waals surface area contributed by atoms with Crippen molar-refractivity contribution in [2.45, 2.75) is 12.4 Å². The molecule has 182 valence electrons. The number of aliphatic hydroxyl groups is 1. The molecular weight excluding hydrogens is 499 g/mol. The van der Waals surface area contributed by atoms with E-state index in [1.165, 1.54) is 18.2 Å². The number of ketones is 1. The fourth-order valence-corrected chi connectivity index (χ4v) is 4.30. The van der Waals surface area contributed by atoms with Crippen LogP contribution in [0.2, 0.25) is 5.02 Å². The first-order chi connectivity index (χ1) is 17.1. The summed E-state index contributed by atoms with van der Waals surface area (Å²) in [5.41, 5.74) is 0.801. The van der Waals surface area contributed by atoms with Crippen molar-refractivity contribution in [1.82, 2.24) is 0 Å². The Morgan fingerprint density at radius 1 is 1.00 bits per heavy atom. The molecule has 10 heteroatoms. The summed E-state index contributed by atoms with van der Waals surface area (Å²) < 4.78 is 47.2. The highest BCUT2D eigenvalue weighted by molar-refractivity contribution is 6.31. The van der Waals surface area contributed by atoms with E-state index in [0.29, 0.717) is 21.6 Å². The number of halogens is 4. The molecule has 0 saturated carbocycles. The molecule has 36 heavy (non-hydrogen) atoms. The molecule has 0 saturated heterocycles. The Kier molecular flexibility index (Phi) is 5.72. The van der Waals surface area contributed by atoms with Crippen molar-refractivity contribution in [1.29, 1.82) is 0 Å². The van der Waals surface area contributed by atoms with Crippen LogP contribution >= 0.6 is 11.6 Å². The number of nitrogens with zero attached hydrogens (tertiary/aromatic N) is 1. The van der Waals surface area contributed by atoms with Gasteiger partial charge >= 0.3 is 6.36 Å². The van der Waals surface area contributed by atoms with Gasteiger partial charge in [-0.05, 0) is 54.1 Å². The Balaban J connectivity index is 1.58. The van der Waals surface area contributed by atoms with Gasteiger partial charge in [-0.2, -0.15) is 0 Å². The van der Waals surface area contributed by atoms with E-state index in [9.17, 15) is 27.9 Å². The summed E-state index contributed by atoms with van der Waals surface area (Å²) >= 11 is 6.02. The summed E-state index contributed by atoms with van der Waals surface area (Å²) in [5.74, 6) is -3.00. The first-order valence-corrected chi connectivity index (χ1v) is 10.9. The SMILES string of the molecule is O=C(C1=C(O)C(=O)N(c2ccc(OC(F)(F)F)cc2)C1c1ccccc1)c1cc2cc(Cl)ccc2o1. The van der Waals surface area contributed by atoms with Crippen LogP contribution in [0.1, 0.15) is 22.2 Å². The van der Waals surface area contributed by atoms with Crippen molar-refractivity contribution < 1.29 is 37.0 Å². The zero-order chi connectivity index (χ0) is 25.6. The second kappa shape index (κ2) is 8.76. The number of rotatable bonds is 5. The summed E-state index contributed by atoms with van der Waals surface area (Å²) in [4.78, 5) is 27.9. The van der Waals surface area contributed by atoms with E-state index in [1.54, 1.807) is 48.5 Å². The maximum Gasteiger partial charge on any atom is 0.573 e. The summed E-state index contributed by atoms with van der Waals surface area (Å²) in [6, 6.07) is 18.2. The van der Waals surface area contributed by atoms with Gasteiger partial charge < -0.3 is 14.3 Å². The van der Waals surface area contributed by atoms with Crippen molar-refractivity contribution in [3.05, 3.63) is 107 Å². The summed E-state index contributed by atoms with van der Waals surface area (Å²) in [6.45, 7) is 0. The number of aliphatic hydroxyl groups excluding tert-OH is 1. The summed E-state index contributed by atoms with van der Waals surface area (Å²) in [7, 11) is 0. The van der Waals surface area contributed by atoms with Crippen molar-refractivity contribution in [3.63, 3.8) is 0 Å². The molecular formula is C26H15ClF3NO5. The maximum absolute atomic E-state index is 13.6. The molecule has 1 N–H and O–H groups in total. The Morgan fingerprint density at radius 3 is 2.36 bits per heavy atom. The minimum absolute atomic E-state index is 0.113. The van der Waals surface area contributed by atoms with Crippen LogP contribution in [0, 0.1) is 0 Å². The van der Waals surface area contributed by atoms with Gasteiger partial charge in [0.2, 0.25) is 5.78 Å². The van der Waals surface area contributed by atoms with E-state index in [2.05, 4.69) is 4.74 Å². The molecule has 1 unspecified atom stereocenters. The Hall–Kier alpha value is -4.24. The van der Waals surface area contributed by atoms with Gasteiger partial charge in [0, 0.05) is 16.1 Å². The van der Waals surface area contributed by atoms with Gasteiger partial charge in [0.25, 0.3) is 5.91 Å². The average molecular weight is 514 g/mol. The lowest BCUT2D eigenvalue weighted by Gasteiger charge is -2.27. The third-order valence-electron chi connectivity index (χ3n) is 5.62. The van der Waals surface area contributed by atoms with Gasteiger partial charge in [-0.3, -0.25) is 14.5 Å². The molecule has 1 aliphatic heterocycles.